The van der Waals surface area contributed by atoms with Crippen molar-refractivity contribution in [2.75, 3.05) is 57.9 Å². The van der Waals surface area contributed by atoms with Crippen LogP contribution < -0.4 is 5.32 Å². The molecule has 0 aromatic heterocycles. The van der Waals surface area contributed by atoms with Crippen LogP contribution in [0.2, 0.25) is 0 Å². The number of aliphatic hydroxyl groups excluding tert-OH is 1. The molecule has 2 N–H and O–H groups in total. The number of ether oxygens (including phenoxy) is 1. The van der Waals surface area contributed by atoms with E-state index in [4.69, 9.17) is 9.84 Å². The Hall–Kier alpha value is -2.74. The second kappa shape index (κ2) is 13.7. The Labute approximate surface area is 244 Å². The molecule has 2 heterocycles. The minimum absolute atomic E-state index is 0.0401. The van der Waals surface area contributed by atoms with E-state index < -0.39 is 39.8 Å². The van der Waals surface area contributed by atoms with Crippen LogP contribution in [-0.4, -0.2) is 79.4 Å². The Balaban J connectivity index is 1.64. The smallest absolute Gasteiger partial charge is 0.395 e. The molecule has 0 saturated carbocycles. The van der Waals surface area contributed by atoms with Gasteiger partial charge in [-0.25, -0.2) is 0 Å². The second-order valence-corrected chi connectivity index (χ2v) is 11.4. The average Bonchev–Trinajstić information content (AvgIpc) is 2.93. The molecule has 1 amide bonds. The summed E-state index contributed by atoms with van der Waals surface area (Å²) in [7, 11) is 0. The molecule has 0 aliphatic carbocycles. The van der Waals surface area contributed by atoms with Crippen molar-refractivity contribution >= 4 is 28.9 Å². The quantitative estimate of drug-likeness (QED) is 0.280. The van der Waals surface area contributed by atoms with E-state index in [-0.39, 0.29) is 18.2 Å². The van der Waals surface area contributed by atoms with Gasteiger partial charge in [0.25, 0.3) is 0 Å². The van der Waals surface area contributed by atoms with Gasteiger partial charge in [-0.1, -0.05) is 23.9 Å². The van der Waals surface area contributed by atoms with Crippen LogP contribution in [0, 0.1) is 0 Å². The summed E-state index contributed by atoms with van der Waals surface area (Å²) in [5.74, 6) is -0.579. The van der Waals surface area contributed by atoms with Gasteiger partial charge in [-0.15, -0.1) is 0 Å². The molecule has 0 unspecified atom stereocenters. The first-order valence-electron chi connectivity index (χ1n) is 13.6. The van der Waals surface area contributed by atoms with E-state index in [1.54, 1.807) is 24.3 Å². The monoisotopic (exact) mass is 617 g/mol. The first-order valence-corrected chi connectivity index (χ1v) is 14.4. The van der Waals surface area contributed by atoms with Gasteiger partial charge in [-0.3, -0.25) is 9.69 Å². The zero-order valence-corrected chi connectivity index (χ0v) is 23.8. The SMILES string of the molecule is C/C(=C\C(=O)N1CCN(CCO)CC1)c1ccc(Sc2cccc(NC3CCOCC3)c2)c(C(F)(F)F)c1C(F)(F)F. The Kier molecular flexibility index (Phi) is 10.5. The third kappa shape index (κ3) is 8.21. The summed E-state index contributed by atoms with van der Waals surface area (Å²) < 4.78 is 91.6. The predicted molar refractivity (Wildman–Crippen MR) is 148 cm³/mol. The number of anilines is 1. The maximum absolute atomic E-state index is 14.4. The topological polar surface area (TPSA) is 65.0 Å². The van der Waals surface area contributed by atoms with Crippen LogP contribution in [0.5, 0.6) is 0 Å². The number of rotatable bonds is 8. The number of nitrogens with one attached hydrogen (secondary N) is 1. The molecule has 2 saturated heterocycles. The molecule has 4 rings (SSSR count). The van der Waals surface area contributed by atoms with Gasteiger partial charge < -0.3 is 20.1 Å². The molecule has 6 nitrogen and oxygen atoms in total. The van der Waals surface area contributed by atoms with E-state index in [0.29, 0.717) is 68.3 Å². The molecule has 230 valence electrons. The molecule has 2 aliphatic heterocycles. The van der Waals surface area contributed by atoms with Crippen LogP contribution in [0.3, 0.4) is 0 Å². The Morgan fingerprint density at radius 3 is 2.31 bits per heavy atom. The van der Waals surface area contributed by atoms with Gasteiger partial charge in [0.2, 0.25) is 5.91 Å². The van der Waals surface area contributed by atoms with Crippen molar-refractivity contribution < 1.29 is 41.0 Å². The van der Waals surface area contributed by atoms with E-state index in [9.17, 15) is 31.1 Å². The Morgan fingerprint density at radius 1 is 1.02 bits per heavy atom. The second-order valence-electron chi connectivity index (χ2n) is 10.2. The summed E-state index contributed by atoms with van der Waals surface area (Å²) >= 11 is 0.607. The molecule has 2 aromatic rings. The van der Waals surface area contributed by atoms with E-state index >= 15 is 0 Å². The normalized spacial score (nSPS) is 17.9. The van der Waals surface area contributed by atoms with Crippen molar-refractivity contribution in [2.24, 2.45) is 0 Å². The number of benzene rings is 2. The minimum atomic E-state index is -5.34. The number of halogens is 6. The van der Waals surface area contributed by atoms with Gasteiger partial charge in [-0.2, -0.15) is 26.3 Å². The van der Waals surface area contributed by atoms with Crippen LogP contribution in [0.1, 0.15) is 36.5 Å². The number of alkyl halides is 6. The van der Waals surface area contributed by atoms with Gasteiger partial charge in [0.05, 0.1) is 17.7 Å². The third-order valence-corrected chi connectivity index (χ3v) is 8.30. The first-order chi connectivity index (χ1) is 19.9. The van der Waals surface area contributed by atoms with Crippen molar-refractivity contribution in [2.45, 2.75) is 48.0 Å². The number of hydrogen-bond acceptors (Lipinski definition) is 6. The molecule has 0 atom stereocenters. The zero-order valence-electron chi connectivity index (χ0n) is 23.0. The number of aliphatic hydroxyl groups is 1. The lowest BCUT2D eigenvalue weighted by Gasteiger charge is -2.34. The Morgan fingerprint density at radius 2 is 1.69 bits per heavy atom. The third-order valence-electron chi connectivity index (χ3n) is 7.25. The highest BCUT2D eigenvalue weighted by Gasteiger charge is 2.47. The number of allylic oxidation sites excluding steroid dienone is 1. The summed E-state index contributed by atoms with van der Waals surface area (Å²) in [5, 5.41) is 12.4. The summed E-state index contributed by atoms with van der Waals surface area (Å²) in [5.41, 5.74) is -3.84. The van der Waals surface area contributed by atoms with E-state index in [2.05, 4.69) is 5.32 Å². The maximum Gasteiger partial charge on any atom is 0.418 e. The fourth-order valence-electron chi connectivity index (χ4n) is 5.11. The van der Waals surface area contributed by atoms with Gasteiger partial charge in [0, 0.05) is 73.5 Å². The van der Waals surface area contributed by atoms with Crippen LogP contribution in [-0.2, 0) is 21.9 Å². The molecule has 2 aromatic carbocycles. The highest BCUT2D eigenvalue weighted by Crippen LogP contribution is 2.49. The summed E-state index contributed by atoms with van der Waals surface area (Å²) in [6, 6.07) is 8.72. The van der Waals surface area contributed by atoms with Crippen LogP contribution >= 0.6 is 11.8 Å². The average molecular weight is 618 g/mol. The van der Waals surface area contributed by atoms with Gasteiger partial charge in [0.15, 0.2) is 0 Å². The van der Waals surface area contributed by atoms with E-state index in [1.807, 2.05) is 4.90 Å². The summed E-state index contributed by atoms with van der Waals surface area (Å²) in [4.78, 5) is 16.0. The molecule has 0 radical (unpaired) electrons. The highest BCUT2D eigenvalue weighted by atomic mass is 32.2. The maximum atomic E-state index is 14.4. The summed E-state index contributed by atoms with van der Waals surface area (Å²) in [6.07, 6.45) is -8.15. The van der Waals surface area contributed by atoms with Crippen molar-refractivity contribution in [1.82, 2.24) is 9.80 Å². The number of carbonyl (C=O) groups is 1. The lowest BCUT2D eigenvalue weighted by molar-refractivity contribution is -0.163. The van der Waals surface area contributed by atoms with Crippen molar-refractivity contribution in [1.29, 1.82) is 0 Å². The molecule has 13 heteroatoms. The molecular formula is C29H33F6N3O3S. The number of piperazine rings is 1. The molecule has 0 bridgehead atoms. The fraction of sp³-hybridized carbons (Fsp3) is 0.483. The lowest BCUT2D eigenvalue weighted by Crippen LogP contribution is -2.48. The molecule has 2 fully saturated rings. The highest BCUT2D eigenvalue weighted by molar-refractivity contribution is 7.99. The Bertz CT molecular complexity index is 1270. The number of hydrogen-bond donors (Lipinski definition) is 2. The van der Waals surface area contributed by atoms with Crippen LogP contribution in [0.4, 0.5) is 32.0 Å². The largest absolute Gasteiger partial charge is 0.418 e. The number of amides is 1. The molecule has 2 aliphatic rings. The zero-order chi connectivity index (χ0) is 30.5. The van der Waals surface area contributed by atoms with Gasteiger partial charge in [0.1, 0.15) is 0 Å². The minimum Gasteiger partial charge on any atom is -0.395 e. The number of nitrogens with zero attached hydrogens (tertiary/aromatic N) is 2. The van der Waals surface area contributed by atoms with Crippen LogP contribution in [0.15, 0.2) is 52.3 Å². The van der Waals surface area contributed by atoms with E-state index in [1.165, 1.54) is 11.8 Å². The molecule has 42 heavy (non-hydrogen) atoms. The molecule has 0 spiro atoms. The van der Waals surface area contributed by atoms with Gasteiger partial charge in [-0.05, 0) is 55.2 Å². The van der Waals surface area contributed by atoms with Crippen molar-refractivity contribution in [3.8, 4) is 0 Å². The van der Waals surface area contributed by atoms with E-state index in [0.717, 1.165) is 31.1 Å². The molecular weight excluding hydrogens is 584 g/mol. The van der Waals surface area contributed by atoms with Gasteiger partial charge >= 0.3 is 12.4 Å². The lowest BCUT2D eigenvalue weighted by atomic mass is 9.94. The van der Waals surface area contributed by atoms with Crippen molar-refractivity contribution in [3.05, 3.63) is 59.2 Å². The summed E-state index contributed by atoms with van der Waals surface area (Å²) in [6.45, 7) is 4.33. The number of carbonyl (C=O) groups excluding carboxylic acids is 1. The predicted octanol–water partition coefficient (Wildman–Crippen LogP) is 6.01. The standard InChI is InChI=1S/C29H33F6N3O3S/c1-19(17-25(40)38-11-9-37(10-12-38)13-14-39)23-5-6-24(27(29(33,34)35)26(23)28(30,31)32)42-22-4-2-3-21(18-22)36-20-7-15-41-16-8-20/h2-6,17-18,20,36,39H,7-16H2,1H3/b19-17+. The van der Waals surface area contributed by atoms with Crippen molar-refractivity contribution in [3.63, 3.8) is 0 Å². The van der Waals surface area contributed by atoms with Crippen LogP contribution in [0.25, 0.3) is 5.57 Å². The fourth-order valence-corrected chi connectivity index (χ4v) is 6.16. The first kappa shape index (κ1) is 32.2. The number of β-amino-alcohol motifs (C(OH)–C–C–N with tert-alkyl or cyclic N) is 1.